The predicted octanol–water partition coefficient (Wildman–Crippen LogP) is 1.76. The van der Waals surface area contributed by atoms with Crippen molar-refractivity contribution in [3.05, 3.63) is 65.2 Å². The number of rotatable bonds is 5. The summed E-state index contributed by atoms with van der Waals surface area (Å²) in [5.41, 5.74) is 7.44. The van der Waals surface area contributed by atoms with Crippen LogP contribution < -0.4 is 10.5 Å². The molecule has 2 aromatic carbocycles. The van der Waals surface area contributed by atoms with Crippen LogP contribution in [-0.2, 0) is 16.6 Å². The lowest BCUT2D eigenvalue weighted by atomic mass is 10.1. The van der Waals surface area contributed by atoms with Crippen LogP contribution in [0.1, 0.15) is 16.7 Å². The van der Waals surface area contributed by atoms with Gasteiger partial charge in [0.05, 0.1) is 4.90 Å². The summed E-state index contributed by atoms with van der Waals surface area (Å²) in [4.78, 5) is 0.271. The predicted molar refractivity (Wildman–Crippen MR) is 82.7 cm³/mol. The van der Waals surface area contributed by atoms with Gasteiger partial charge in [-0.25, -0.2) is 13.1 Å². The lowest BCUT2D eigenvalue weighted by Gasteiger charge is -2.09. The summed E-state index contributed by atoms with van der Waals surface area (Å²) in [5, 5.41) is 7.39. The Morgan fingerprint density at radius 3 is 2.57 bits per heavy atom. The summed E-state index contributed by atoms with van der Waals surface area (Å²) in [7, 11) is -3.56. The van der Waals surface area contributed by atoms with Gasteiger partial charge in [0, 0.05) is 12.1 Å². The van der Waals surface area contributed by atoms with Crippen molar-refractivity contribution < 1.29 is 8.42 Å². The van der Waals surface area contributed by atoms with Crippen LogP contribution in [0.5, 0.6) is 0 Å². The zero-order chi connectivity index (χ0) is 15.5. The standard InChI is InChI=1S/C15H17N3O2S/c1-11-5-2-3-8-14(11)21(19,20)18-10-12-6-4-7-13(9-12)15(16)17/h2-9,18H,10H2,1H3,(H3,16,17). The fraction of sp³-hybridized carbons (Fsp3) is 0.133. The first-order valence-corrected chi connectivity index (χ1v) is 7.87. The van der Waals surface area contributed by atoms with Crippen LogP contribution in [0.3, 0.4) is 0 Å². The van der Waals surface area contributed by atoms with E-state index in [1.807, 2.05) is 0 Å². The molecule has 0 saturated carbocycles. The van der Waals surface area contributed by atoms with E-state index in [0.717, 1.165) is 5.56 Å². The van der Waals surface area contributed by atoms with E-state index in [-0.39, 0.29) is 17.3 Å². The number of nitrogens with one attached hydrogen (secondary N) is 2. The van der Waals surface area contributed by atoms with E-state index in [1.54, 1.807) is 55.5 Å². The van der Waals surface area contributed by atoms with Gasteiger partial charge in [-0.15, -0.1) is 0 Å². The highest BCUT2D eigenvalue weighted by Crippen LogP contribution is 2.14. The smallest absolute Gasteiger partial charge is 0.241 e. The van der Waals surface area contributed by atoms with Gasteiger partial charge in [0.1, 0.15) is 5.84 Å². The Labute approximate surface area is 124 Å². The molecular weight excluding hydrogens is 286 g/mol. The van der Waals surface area contributed by atoms with Crippen molar-refractivity contribution in [1.29, 1.82) is 5.41 Å². The number of hydrogen-bond donors (Lipinski definition) is 3. The maximum Gasteiger partial charge on any atom is 0.241 e. The van der Waals surface area contributed by atoms with E-state index >= 15 is 0 Å². The lowest BCUT2D eigenvalue weighted by Crippen LogP contribution is -2.24. The first-order chi connectivity index (χ1) is 9.90. The second kappa shape index (κ2) is 6.07. The van der Waals surface area contributed by atoms with Gasteiger partial charge < -0.3 is 5.73 Å². The molecule has 0 atom stereocenters. The van der Waals surface area contributed by atoms with Crippen LogP contribution >= 0.6 is 0 Å². The second-order valence-electron chi connectivity index (χ2n) is 4.70. The van der Waals surface area contributed by atoms with Crippen LogP contribution in [0, 0.1) is 12.3 Å². The van der Waals surface area contributed by atoms with Crippen LogP contribution in [0.15, 0.2) is 53.4 Å². The van der Waals surface area contributed by atoms with Gasteiger partial charge in [-0.2, -0.15) is 0 Å². The highest BCUT2D eigenvalue weighted by atomic mass is 32.2. The van der Waals surface area contributed by atoms with Crippen molar-refractivity contribution in [2.24, 2.45) is 5.73 Å². The summed E-state index contributed by atoms with van der Waals surface area (Å²) in [6.07, 6.45) is 0. The third-order valence-electron chi connectivity index (χ3n) is 3.09. The minimum atomic E-state index is -3.56. The van der Waals surface area contributed by atoms with E-state index in [1.165, 1.54) is 0 Å². The molecule has 0 fully saturated rings. The van der Waals surface area contributed by atoms with Crippen molar-refractivity contribution in [3.63, 3.8) is 0 Å². The van der Waals surface area contributed by atoms with Crippen LogP contribution in [0.4, 0.5) is 0 Å². The second-order valence-corrected chi connectivity index (χ2v) is 6.44. The zero-order valence-corrected chi connectivity index (χ0v) is 12.4. The van der Waals surface area contributed by atoms with Gasteiger partial charge in [-0.05, 0) is 30.2 Å². The largest absolute Gasteiger partial charge is 0.384 e. The molecule has 0 aliphatic rings. The van der Waals surface area contributed by atoms with Crippen molar-refractivity contribution in [1.82, 2.24) is 4.72 Å². The molecule has 0 unspecified atom stereocenters. The number of amidine groups is 1. The molecule has 2 aromatic rings. The minimum absolute atomic E-state index is 0.0430. The third kappa shape index (κ3) is 3.68. The molecule has 0 bridgehead atoms. The Morgan fingerprint density at radius 2 is 1.90 bits per heavy atom. The van der Waals surface area contributed by atoms with Crippen LogP contribution in [0.25, 0.3) is 0 Å². The van der Waals surface area contributed by atoms with E-state index in [2.05, 4.69) is 4.72 Å². The summed E-state index contributed by atoms with van der Waals surface area (Å²) in [5.74, 6) is -0.0430. The summed E-state index contributed by atoms with van der Waals surface area (Å²) < 4.78 is 27.1. The van der Waals surface area contributed by atoms with Gasteiger partial charge >= 0.3 is 0 Å². The molecule has 0 aromatic heterocycles. The Hall–Kier alpha value is -2.18. The maximum absolute atomic E-state index is 12.3. The van der Waals surface area contributed by atoms with Gasteiger partial charge in [0.25, 0.3) is 0 Å². The highest BCUT2D eigenvalue weighted by Gasteiger charge is 2.15. The quantitative estimate of drug-likeness (QED) is 0.580. The zero-order valence-electron chi connectivity index (χ0n) is 11.6. The van der Waals surface area contributed by atoms with Crippen molar-refractivity contribution in [2.75, 3.05) is 0 Å². The number of aryl methyl sites for hydroxylation is 1. The molecule has 0 saturated heterocycles. The fourth-order valence-electron chi connectivity index (χ4n) is 1.96. The van der Waals surface area contributed by atoms with Crippen molar-refractivity contribution >= 4 is 15.9 Å². The number of hydrogen-bond acceptors (Lipinski definition) is 3. The monoisotopic (exact) mass is 303 g/mol. The number of sulfonamides is 1. The average Bonchev–Trinajstić information content (AvgIpc) is 2.46. The van der Waals surface area contributed by atoms with Crippen LogP contribution in [-0.4, -0.2) is 14.3 Å². The van der Waals surface area contributed by atoms with E-state index in [4.69, 9.17) is 11.1 Å². The molecule has 110 valence electrons. The molecular formula is C15H17N3O2S. The molecule has 6 heteroatoms. The minimum Gasteiger partial charge on any atom is -0.384 e. The van der Waals surface area contributed by atoms with Gasteiger partial charge in [-0.1, -0.05) is 36.4 Å². The molecule has 5 nitrogen and oxygen atoms in total. The normalized spacial score (nSPS) is 11.3. The Kier molecular flexibility index (Phi) is 4.40. The highest BCUT2D eigenvalue weighted by molar-refractivity contribution is 7.89. The molecule has 4 N–H and O–H groups in total. The average molecular weight is 303 g/mol. The van der Waals surface area contributed by atoms with E-state index in [9.17, 15) is 8.42 Å². The molecule has 21 heavy (non-hydrogen) atoms. The Balaban J connectivity index is 2.18. The van der Waals surface area contributed by atoms with Gasteiger partial charge in [0.2, 0.25) is 10.0 Å². The first-order valence-electron chi connectivity index (χ1n) is 6.39. The summed E-state index contributed by atoms with van der Waals surface area (Å²) in [6, 6.07) is 13.8. The number of benzene rings is 2. The molecule has 0 radical (unpaired) electrons. The maximum atomic E-state index is 12.3. The Morgan fingerprint density at radius 1 is 1.19 bits per heavy atom. The van der Waals surface area contributed by atoms with E-state index in [0.29, 0.717) is 11.1 Å². The first kappa shape index (κ1) is 15.2. The third-order valence-corrected chi connectivity index (χ3v) is 4.65. The number of nitrogens with two attached hydrogens (primary N) is 1. The van der Waals surface area contributed by atoms with Gasteiger partial charge in [0.15, 0.2) is 0 Å². The Bertz CT molecular complexity index is 770. The molecule has 0 amide bonds. The molecule has 0 aliphatic heterocycles. The molecule has 0 heterocycles. The SMILES string of the molecule is Cc1ccccc1S(=O)(=O)NCc1cccc(C(=N)N)c1. The lowest BCUT2D eigenvalue weighted by molar-refractivity contribution is 0.580. The molecule has 2 rings (SSSR count). The summed E-state index contributed by atoms with van der Waals surface area (Å²) >= 11 is 0. The topological polar surface area (TPSA) is 96.0 Å². The number of nitrogen functional groups attached to an aromatic ring is 1. The fourth-order valence-corrected chi connectivity index (χ4v) is 3.22. The van der Waals surface area contributed by atoms with E-state index < -0.39 is 10.0 Å². The van der Waals surface area contributed by atoms with Crippen molar-refractivity contribution in [3.8, 4) is 0 Å². The molecule has 0 aliphatic carbocycles. The summed E-state index contributed by atoms with van der Waals surface area (Å²) in [6.45, 7) is 1.91. The van der Waals surface area contributed by atoms with Gasteiger partial charge in [-0.3, -0.25) is 5.41 Å². The molecule has 0 spiro atoms. The van der Waals surface area contributed by atoms with Crippen molar-refractivity contribution in [2.45, 2.75) is 18.4 Å². The van der Waals surface area contributed by atoms with Crippen LogP contribution in [0.2, 0.25) is 0 Å².